The molecule has 2 aromatic carbocycles. The van der Waals surface area contributed by atoms with Crippen LogP contribution in [-0.2, 0) is 20.4 Å². The predicted molar refractivity (Wildman–Crippen MR) is 105 cm³/mol. The third kappa shape index (κ3) is 6.88. The molecule has 0 saturated heterocycles. The molecule has 0 aliphatic carbocycles. The fraction of sp³-hybridized carbons (Fsp3) is 0.333. The summed E-state index contributed by atoms with van der Waals surface area (Å²) < 4.78 is 59.3. The van der Waals surface area contributed by atoms with Gasteiger partial charge in [-0.3, -0.25) is 4.79 Å². The number of carbonyl (C=O) groups is 2. The zero-order chi connectivity index (χ0) is 23.0. The van der Waals surface area contributed by atoms with Gasteiger partial charge in [0.1, 0.15) is 18.1 Å². The van der Waals surface area contributed by atoms with E-state index in [2.05, 4.69) is 5.32 Å². The van der Waals surface area contributed by atoms with Gasteiger partial charge in [0, 0.05) is 7.11 Å². The number of alkyl halides is 3. The van der Waals surface area contributed by atoms with Crippen molar-refractivity contribution in [1.29, 1.82) is 0 Å². The second-order valence-corrected chi connectivity index (χ2v) is 6.36. The molecule has 0 radical (unpaired) electrons. The molecular formula is C21H22F3NO6. The summed E-state index contributed by atoms with van der Waals surface area (Å²) in [5.41, 5.74) is -0.199. The summed E-state index contributed by atoms with van der Waals surface area (Å²) in [6.45, 7) is 1.35. The maximum atomic E-state index is 13.0. The maximum Gasteiger partial charge on any atom is 0.416 e. The molecule has 31 heavy (non-hydrogen) atoms. The lowest BCUT2D eigenvalue weighted by molar-refractivity contribution is -0.137. The van der Waals surface area contributed by atoms with Crippen LogP contribution >= 0.6 is 0 Å². The number of anilines is 1. The van der Waals surface area contributed by atoms with Gasteiger partial charge in [-0.25, -0.2) is 4.79 Å². The number of aryl methyl sites for hydroxylation is 1. The summed E-state index contributed by atoms with van der Waals surface area (Å²) in [6.07, 6.45) is -4.61. The summed E-state index contributed by atoms with van der Waals surface area (Å²) in [7, 11) is 2.89. The van der Waals surface area contributed by atoms with E-state index in [4.69, 9.17) is 18.9 Å². The number of amides is 1. The fourth-order valence-corrected chi connectivity index (χ4v) is 2.51. The Hall–Kier alpha value is -3.27. The Morgan fingerprint density at radius 1 is 1.00 bits per heavy atom. The molecule has 0 heterocycles. The molecule has 10 heteroatoms. The monoisotopic (exact) mass is 441 g/mol. The Morgan fingerprint density at radius 2 is 1.74 bits per heavy atom. The molecule has 0 atom stereocenters. The van der Waals surface area contributed by atoms with Crippen molar-refractivity contribution in [2.45, 2.75) is 13.1 Å². The van der Waals surface area contributed by atoms with Crippen molar-refractivity contribution in [3.8, 4) is 11.5 Å². The summed E-state index contributed by atoms with van der Waals surface area (Å²) in [5, 5.41) is 2.28. The van der Waals surface area contributed by atoms with Crippen molar-refractivity contribution in [1.82, 2.24) is 0 Å². The van der Waals surface area contributed by atoms with Crippen molar-refractivity contribution in [2.75, 3.05) is 39.4 Å². The Morgan fingerprint density at radius 3 is 2.39 bits per heavy atom. The highest BCUT2D eigenvalue weighted by Gasteiger charge is 2.31. The number of hydrogen-bond acceptors (Lipinski definition) is 6. The van der Waals surface area contributed by atoms with Gasteiger partial charge < -0.3 is 24.3 Å². The van der Waals surface area contributed by atoms with Gasteiger partial charge in [0.2, 0.25) is 0 Å². The van der Waals surface area contributed by atoms with E-state index in [9.17, 15) is 22.8 Å². The predicted octanol–water partition coefficient (Wildman–Crippen LogP) is 3.84. The van der Waals surface area contributed by atoms with Crippen LogP contribution in [0.3, 0.4) is 0 Å². The summed E-state index contributed by atoms with van der Waals surface area (Å²) in [4.78, 5) is 24.4. The first-order valence-corrected chi connectivity index (χ1v) is 9.10. The SMILES string of the molecule is COCCOc1ccc(C(F)(F)F)cc1NC(=O)COC(=O)c1ccc(C)c(OC)c1. The Kier molecular flexibility index (Phi) is 8.26. The second kappa shape index (κ2) is 10.7. The van der Waals surface area contributed by atoms with Crippen molar-refractivity contribution in [3.05, 3.63) is 53.1 Å². The third-order valence-corrected chi connectivity index (χ3v) is 4.10. The minimum Gasteiger partial charge on any atom is -0.496 e. The van der Waals surface area contributed by atoms with Crippen LogP contribution in [0, 0.1) is 6.92 Å². The summed E-state index contributed by atoms with van der Waals surface area (Å²) >= 11 is 0. The van der Waals surface area contributed by atoms with E-state index >= 15 is 0 Å². The molecule has 2 rings (SSSR count). The Balaban J connectivity index is 2.08. The zero-order valence-electron chi connectivity index (χ0n) is 17.2. The number of hydrogen-bond donors (Lipinski definition) is 1. The van der Waals surface area contributed by atoms with Gasteiger partial charge >= 0.3 is 12.1 Å². The molecule has 2 aromatic rings. The first kappa shape index (κ1) is 24.0. The molecule has 0 aromatic heterocycles. The van der Waals surface area contributed by atoms with Crippen LogP contribution in [0.15, 0.2) is 36.4 Å². The summed E-state index contributed by atoms with van der Waals surface area (Å²) in [6, 6.07) is 7.30. The molecule has 0 spiro atoms. The molecular weight excluding hydrogens is 419 g/mol. The van der Waals surface area contributed by atoms with E-state index in [-0.39, 0.29) is 30.2 Å². The molecule has 0 bridgehead atoms. The van der Waals surface area contributed by atoms with Gasteiger partial charge in [-0.05, 0) is 42.8 Å². The van der Waals surface area contributed by atoms with Crippen LogP contribution in [0.4, 0.5) is 18.9 Å². The first-order chi connectivity index (χ1) is 14.7. The number of nitrogens with one attached hydrogen (secondary N) is 1. The molecule has 0 saturated carbocycles. The van der Waals surface area contributed by atoms with Gasteiger partial charge in [0.25, 0.3) is 5.91 Å². The lowest BCUT2D eigenvalue weighted by atomic mass is 10.1. The zero-order valence-corrected chi connectivity index (χ0v) is 17.2. The second-order valence-electron chi connectivity index (χ2n) is 6.36. The number of benzene rings is 2. The number of methoxy groups -OCH3 is 2. The molecule has 0 fully saturated rings. The van der Waals surface area contributed by atoms with Gasteiger partial charge in [0.15, 0.2) is 6.61 Å². The molecule has 168 valence electrons. The van der Waals surface area contributed by atoms with Crippen molar-refractivity contribution in [2.24, 2.45) is 0 Å². The van der Waals surface area contributed by atoms with Crippen LogP contribution in [0.2, 0.25) is 0 Å². The minimum atomic E-state index is -4.61. The van der Waals surface area contributed by atoms with E-state index in [0.29, 0.717) is 5.75 Å². The van der Waals surface area contributed by atoms with Crippen molar-refractivity contribution >= 4 is 17.6 Å². The highest BCUT2D eigenvalue weighted by Crippen LogP contribution is 2.35. The van der Waals surface area contributed by atoms with Gasteiger partial charge in [-0.1, -0.05) is 6.07 Å². The Bertz CT molecular complexity index is 930. The first-order valence-electron chi connectivity index (χ1n) is 9.10. The molecule has 0 aliphatic rings. The molecule has 1 N–H and O–H groups in total. The number of ether oxygens (including phenoxy) is 4. The lowest BCUT2D eigenvalue weighted by Gasteiger charge is -2.15. The number of esters is 1. The van der Waals surface area contributed by atoms with Crippen LogP contribution in [0.5, 0.6) is 11.5 Å². The highest BCUT2D eigenvalue weighted by molar-refractivity contribution is 5.96. The number of carbonyl (C=O) groups excluding carboxylic acids is 2. The van der Waals surface area contributed by atoms with Crippen LogP contribution in [0.25, 0.3) is 0 Å². The normalized spacial score (nSPS) is 11.0. The quantitative estimate of drug-likeness (QED) is 0.470. The minimum absolute atomic E-state index is 0.0213. The average molecular weight is 441 g/mol. The van der Waals surface area contributed by atoms with Gasteiger partial charge in [-0.15, -0.1) is 0 Å². The molecule has 1 amide bonds. The number of rotatable bonds is 9. The van der Waals surface area contributed by atoms with Crippen LogP contribution < -0.4 is 14.8 Å². The molecule has 7 nitrogen and oxygen atoms in total. The standard InChI is InChI=1S/C21H22F3NO6/c1-13-4-5-14(10-18(13)29-3)20(27)31-12-19(26)25-16-11-15(21(22,23)24)6-7-17(16)30-9-8-28-2/h4-7,10-11H,8-9,12H2,1-3H3,(H,25,26). The smallest absolute Gasteiger partial charge is 0.416 e. The largest absolute Gasteiger partial charge is 0.496 e. The highest BCUT2D eigenvalue weighted by atomic mass is 19.4. The van der Waals surface area contributed by atoms with Crippen LogP contribution in [0.1, 0.15) is 21.5 Å². The third-order valence-electron chi connectivity index (χ3n) is 4.10. The molecule has 0 aliphatic heterocycles. The van der Waals surface area contributed by atoms with E-state index in [1.165, 1.54) is 26.4 Å². The topological polar surface area (TPSA) is 83.1 Å². The van der Waals surface area contributed by atoms with Crippen molar-refractivity contribution in [3.63, 3.8) is 0 Å². The maximum absolute atomic E-state index is 13.0. The van der Waals surface area contributed by atoms with Gasteiger partial charge in [0.05, 0.1) is 30.5 Å². The Labute approximate surface area is 177 Å². The van der Waals surface area contributed by atoms with Crippen LogP contribution in [-0.4, -0.2) is 45.9 Å². The number of halogens is 3. The van der Waals surface area contributed by atoms with E-state index in [1.807, 2.05) is 0 Å². The summed E-state index contributed by atoms with van der Waals surface area (Å²) in [5.74, 6) is -1.12. The average Bonchev–Trinajstić information content (AvgIpc) is 2.72. The van der Waals surface area contributed by atoms with E-state index in [0.717, 1.165) is 23.8 Å². The lowest BCUT2D eigenvalue weighted by Crippen LogP contribution is -2.22. The fourth-order valence-electron chi connectivity index (χ4n) is 2.51. The molecule has 0 unspecified atom stereocenters. The van der Waals surface area contributed by atoms with E-state index in [1.54, 1.807) is 13.0 Å². The van der Waals surface area contributed by atoms with Gasteiger partial charge in [-0.2, -0.15) is 13.2 Å². The van der Waals surface area contributed by atoms with Crippen molar-refractivity contribution < 1.29 is 41.7 Å². The van der Waals surface area contributed by atoms with E-state index < -0.39 is 30.2 Å².